The number of aromatic nitrogens is 4. The van der Waals surface area contributed by atoms with Gasteiger partial charge in [0.15, 0.2) is 24.0 Å². The van der Waals surface area contributed by atoms with E-state index in [1.807, 2.05) is 87.2 Å². The Kier molecular flexibility index (Phi) is 26.0. The van der Waals surface area contributed by atoms with Crippen LogP contribution in [0, 0.1) is 48.5 Å². The summed E-state index contributed by atoms with van der Waals surface area (Å²) in [7, 11) is 0. The zero-order chi connectivity index (χ0) is 69.7. The van der Waals surface area contributed by atoms with E-state index < -0.39 is 23.6 Å². The number of fused-ring (bicyclic) bond motifs is 1. The molecule has 0 radical (unpaired) electrons. The highest BCUT2D eigenvalue weighted by atomic mass is 35.5. The standard InChI is InChI=1S/C25H20N4O3.C20H21ClN2S.C19H20FNO3.C15H21NO2/c30-23-21-7-2-12-26-24(21)29(16-22(23)25(31)27-19-10-11-19)20-6-1-4-17(14-20)8-9-18-5-3-13-28(32)15-18;1-4-14-6-8-15(9-7-14)12-17-16(5-2)13(3)22-20(23-17)18-10-11-19(21)24-18;1-2-3-12-24-19(23)15-9-5-7-11-17(15)21-18(22)13-14-8-4-6-10-16(14)20;1-10(2)16-15(17)13-7-4-11(3)14(8-13)18-9-12-5-6-12/h1-7,12-15,19,22H,10-11,16H2,(H,27,31);6-11H,4-5,12H2,1-3H3;4-11H,2-3,12-13H2,1H3,(H,21,22);4,7-8,10,12H,5-6,9H2,1-3H3,(H,16,17). The number of hydrogen-bond acceptors (Lipinski definition) is 13. The highest BCUT2D eigenvalue weighted by molar-refractivity contribution is 7.19. The minimum atomic E-state index is -0.793. The molecule has 1 atom stereocenters. The minimum Gasteiger partial charge on any atom is -0.619 e. The number of halogens is 2. The van der Waals surface area contributed by atoms with E-state index in [4.69, 9.17) is 31.0 Å². The summed E-state index contributed by atoms with van der Waals surface area (Å²) in [5.41, 5.74) is 11.4. The van der Waals surface area contributed by atoms with Gasteiger partial charge in [-0.1, -0.05) is 117 Å². The van der Waals surface area contributed by atoms with Gasteiger partial charge < -0.3 is 35.5 Å². The maximum atomic E-state index is 13.6. The molecule has 2 fully saturated rings. The number of hydrogen-bond donors (Lipinski definition) is 3. The van der Waals surface area contributed by atoms with Crippen molar-refractivity contribution in [3.63, 3.8) is 0 Å². The molecule has 19 heteroatoms. The lowest BCUT2D eigenvalue weighted by Gasteiger charge is -2.33. The van der Waals surface area contributed by atoms with Crippen LogP contribution in [0.4, 0.5) is 21.6 Å². The highest BCUT2D eigenvalue weighted by Crippen LogP contribution is 2.36. The second kappa shape index (κ2) is 35.2. The monoisotopic (exact) mass is 1360 g/mol. The number of amides is 3. The molecule has 3 aliphatic rings. The number of rotatable bonds is 20. The number of esters is 1. The molecular weight excluding hydrogens is 1280 g/mol. The molecule has 1 unspecified atom stereocenters. The summed E-state index contributed by atoms with van der Waals surface area (Å²) in [6.07, 6.45) is 13.4. The Morgan fingerprint density at radius 1 is 0.816 bits per heavy atom. The van der Waals surface area contributed by atoms with Crippen molar-refractivity contribution in [2.24, 2.45) is 11.8 Å². The average Bonchev–Trinajstić information content (AvgIpc) is 1.34. The number of unbranched alkanes of at least 4 members (excludes halogenated alkanes) is 1. The number of anilines is 3. The Bertz CT molecular complexity index is 4330. The van der Waals surface area contributed by atoms with Gasteiger partial charge in [-0.3, -0.25) is 19.2 Å². The summed E-state index contributed by atoms with van der Waals surface area (Å²) in [5, 5.41) is 19.9. The Labute approximate surface area is 582 Å². The van der Waals surface area contributed by atoms with Crippen molar-refractivity contribution >= 4 is 69.6 Å². The van der Waals surface area contributed by atoms with Crippen molar-refractivity contribution in [3.05, 3.63) is 253 Å². The minimum absolute atomic E-state index is 0.0405. The molecule has 5 aromatic carbocycles. The number of para-hydroxylation sites is 1. The van der Waals surface area contributed by atoms with E-state index in [9.17, 15) is 33.6 Å². The lowest BCUT2D eigenvalue weighted by molar-refractivity contribution is -0.605. The van der Waals surface area contributed by atoms with Crippen molar-refractivity contribution in [1.82, 2.24) is 25.6 Å². The molecule has 2 saturated carbocycles. The molecule has 16 nitrogen and oxygen atoms in total. The van der Waals surface area contributed by atoms with E-state index in [0.717, 1.165) is 106 Å². The van der Waals surface area contributed by atoms with E-state index in [0.29, 0.717) is 45.1 Å². The summed E-state index contributed by atoms with van der Waals surface area (Å²) in [4.78, 5) is 78.8. The first kappa shape index (κ1) is 72.2. The predicted molar refractivity (Wildman–Crippen MR) is 384 cm³/mol. The number of carbonyl (C=O) groups is 5. The first-order valence-corrected chi connectivity index (χ1v) is 34.5. The molecule has 1 aliphatic heterocycles. The van der Waals surface area contributed by atoms with Crippen molar-refractivity contribution in [3.8, 4) is 28.3 Å². The average molecular weight is 1360 g/mol. The Hall–Kier alpha value is -10.1. The van der Waals surface area contributed by atoms with Crippen molar-refractivity contribution < 1.29 is 42.6 Å². The fraction of sp³-hybridized carbons (Fsp3) is 0.304. The number of pyridine rings is 2. The number of ketones is 1. The maximum absolute atomic E-state index is 13.6. The zero-order valence-electron chi connectivity index (χ0n) is 56.3. The van der Waals surface area contributed by atoms with Crippen LogP contribution in [0.3, 0.4) is 0 Å². The van der Waals surface area contributed by atoms with Gasteiger partial charge in [0.1, 0.15) is 23.3 Å². The quantitative estimate of drug-likeness (QED) is 0.0163. The van der Waals surface area contributed by atoms with Crippen LogP contribution in [-0.2, 0) is 40.0 Å². The van der Waals surface area contributed by atoms with E-state index in [-0.39, 0.29) is 48.2 Å². The van der Waals surface area contributed by atoms with E-state index in [1.54, 1.807) is 72.9 Å². The number of carbonyl (C=O) groups excluding carboxylic acids is 5. The Balaban J connectivity index is 0.000000156. The molecule has 0 spiro atoms. The number of thiophene rings is 1. The topological polar surface area (TPSA) is 209 Å². The molecule has 98 heavy (non-hydrogen) atoms. The molecule has 12 rings (SSSR count). The van der Waals surface area contributed by atoms with Gasteiger partial charge in [0.05, 0.1) is 56.9 Å². The largest absolute Gasteiger partial charge is 0.619 e. The van der Waals surface area contributed by atoms with Crippen molar-refractivity contribution in [2.75, 3.05) is 30.0 Å². The molecule has 9 aromatic rings. The number of Topliss-reactive ketones (excluding diaryl/α,β-unsaturated/α-hetero) is 1. The molecule has 4 aromatic heterocycles. The second-order valence-electron chi connectivity index (χ2n) is 24.5. The zero-order valence-corrected chi connectivity index (χ0v) is 57.9. The van der Waals surface area contributed by atoms with Crippen LogP contribution < -0.4 is 30.3 Å². The summed E-state index contributed by atoms with van der Waals surface area (Å²) < 4.78 is 26.0. The number of benzene rings is 5. The van der Waals surface area contributed by atoms with Gasteiger partial charge >= 0.3 is 5.97 Å². The van der Waals surface area contributed by atoms with Gasteiger partial charge in [0.25, 0.3) is 5.91 Å². The fourth-order valence-corrected chi connectivity index (χ4v) is 11.5. The van der Waals surface area contributed by atoms with Crippen LogP contribution in [0.2, 0.25) is 4.34 Å². The highest BCUT2D eigenvalue weighted by Gasteiger charge is 2.40. The van der Waals surface area contributed by atoms with Gasteiger partial charge in [0.2, 0.25) is 11.8 Å². The third-order valence-electron chi connectivity index (χ3n) is 16.3. The van der Waals surface area contributed by atoms with E-state index in [1.165, 1.54) is 59.3 Å². The predicted octanol–water partition coefficient (Wildman–Crippen LogP) is 15.1. The second-order valence-corrected chi connectivity index (χ2v) is 26.2. The fourth-order valence-electron chi connectivity index (χ4n) is 10.5. The third-order valence-corrected chi connectivity index (χ3v) is 17.5. The van der Waals surface area contributed by atoms with Crippen LogP contribution >= 0.6 is 22.9 Å². The molecule has 0 bridgehead atoms. The normalized spacial score (nSPS) is 13.5. The molecule has 3 N–H and O–H groups in total. The van der Waals surface area contributed by atoms with Crippen LogP contribution in [0.15, 0.2) is 170 Å². The van der Waals surface area contributed by atoms with Crippen LogP contribution in [0.25, 0.3) is 10.7 Å². The molecule has 3 amide bonds. The van der Waals surface area contributed by atoms with Crippen LogP contribution in [-0.4, -0.2) is 76.3 Å². The molecular formula is C79H82ClFN8O8S. The van der Waals surface area contributed by atoms with Gasteiger partial charge in [-0.2, -0.15) is 4.73 Å². The molecule has 506 valence electrons. The maximum Gasteiger partial charge on any atom is 0.340 e. The van der Waals surface area contributed by atoms with Gasteiger partial charge in [-0.25, -0.2) is 24.1 Å². The van der Waals surface area contributed by atoms with Crippen LogP contribution in [0.5, 0.6) is 5.75 Å². The van der Waals surface area contributed by atoms with Gasteiger partial charge in [-0.05, 0) is 185 Å². The Morgan fingerprint density at radius 2 is 1.56 bits per heavy atom. The number of aryl methyl sites for hydroxylation is 3. The van der Waals surface area contributed by atoms with Gasteiger partial charge in [-0.15, -0.1) is 11.3 Å². The smallest absolute Gasteiger partial charge is 0.340 e. The molecule has 5 heterocycles. The van der Waals surface area contributed by atoms with E-state index >= 15 is 0 Å². The van der Waals surface area contributed by atoms with Crippen molar-refractivity contribution in [2.45, 2.75) is 125 Å². The number of nitrogens with one attached hydrogen (secondary N) is 3. The Morgan fingerprint density at radius 3 is 2.27 bits per heavy atom. The molecule has 2 aliphatic carbocycles. The van der Waals surface area contributed by atoms with Crippen molar-refractivity contribution in [1.29, 1.82) is 0 Å². The third kappa shape index (κ3) is 21.0. The van der Waals surface area contributed by atoms with Gasteiger partial charge in [0, 0.05) is 59.8 Å². The number of nitrogens with zero attached hydrogens (tertiary/aromatic N) is 5. The summed E-state index contributed by atoms with van der Waals surface area (Å²) >= 11 is 7.59. The lowest BCUT2D eigenvalue weighted by Crippen LogP contribution is -2.46. The number of ether oxygens (including phenoxy) is 2. The van der Waals surface area contributed by atoms with Crippen LogP contribution in [0.1, 0.15) is 155 Å². The first-order valence-electron chi connectivity index (χ1n) is 33.3. The SMILES string of the molecule is CCCCOC(=O)c1ccccc1NC(=O)Cc1ccccc1F.CCc1ccc(Cc2nc(-c3ccc(Cl)s3)nc(C)c2CC)cc1.Cc1ccc(C(=O)NC(C)C)cc1OCC1CC1.O=C(NC1CC1)C1CN(c2cccc(C#Cc3ccc[n+]([O-])c3)c2)c2ncccc2C1=O. The van der Waals surface area contributed by atoms with E-state index in [2.05, 4.69) is 77.8 Å². The summed E-state index contributed by atoms with van der Waals surface area (Å²) in [6.45, 7) is 15.7. The summed E-state index contributed by atoms with van der Waals surface area (Å²) in [5.74, 6) is 6.36. The summed E-state index contributed by atoms with van der Waals surface area (Å²) in [6, 6.07) is 45.8. The first-order chi connectivity index (χ1) is 47.4. The lowest BCUT2D eigenvalue weighted by atomic mass is 9.91. The molecule has 0 saturated heterocycles.